The van der Waals surface area contributed by atoms with Crippen LogP contribution in [-0.4, -0.2) is 29.9 Å². The van der Waals surface area contributed by atoms with Crippen molar-refractivity contribution in [2.24, 2.45) is 5.92 Å². The summed E-state index contributed by atoms with van der Waals surface area (Å²) in [6.45, 7) is 8.32. The number of anilines is 1. The number of nitrogens with one attached hydrogen (secondary N) is 1. The van der Waals surface area contributed by atoms with E-state index in [-0.39, 0.29) is 0 Å². The molecule has 0 atom stereocenters. The van der Waals surface area contributed by atoms with Crippen LogP contribution in [-0.2, 0) is 4.74 Å². The van der Waals surface area contributed by atoms with Gasteiger partial charge in [-0.2, -0.15) is 4.98 Å². The second-order valence-electron chi connectivity index (χ2n) is 3.87. The summed E-state index contributed by atoms with van der Waals surface area (Å²) >= 11 is 0. The molecule has 0 aliphatic heterocycles. The van der Waals surface area contributed by atoms with Gasteiger partial charge in [-0.05, 0) is 19.3 Å². The Morgan fingerprint density at radius 2 is 2.20 bits per heavy atom. The average molecular weight is 213 g/mol. The van der Waals surface area contributed by atoms with Crippen LogP contribution in [0.15, 0.2) is 4.52 Å². The zero-order valence-corrected chi connectivity index (χ0v) is 9.62. The Balaban J connectivity index is 1.98. The summed E-state index contributed by atoms with van der Waals surface area (Å²) < 4.78 is 10.3. The van der Waals surface area contributed by atoms with Crippen LogP contribution in [0.1, 0.15) is 26.1 Å². The van der Waals surface area contributed by atoms with Gasteiger partial charge in [0.25, 0.3) is 0 Å². The molecule has 0 aliphatic rings. The predicted molar refractivity (Wildman–Crippen MR) is 57.8 cm³/mol. The third kappa shape index (κ3) is 5.37. The highest BCUT2D eigenvalue weighted by molar-refractivity contribution is 5.17. The first-order valence-corrected chi connectivity index (χ1v) is 5.30. The van der Waals surface area contributed by atoms with E-state index in [2.05, 4.69) is 29.3 Å². The molecule has 1 aromatic heterocycles. The van der Waals surface area contributed by atoms with Gasteiger partial charge in [0.1, 0.15) is 0 Å². The Kier molecular flexibility index (Phi) is 5.10. The summed E-state index contributed by atoms with van der Waals surface area (Å²) in [6, 6.07) is 0.458. The quantitative estimate of drug-likeness (QED) is 0.700. The highest BCUT2D eigenvalue weighted by Gasteiger charge is 2.00. The molecule has 0 saturated carbocycles. The number of aromatic nitrogens is 2. The van der Waals surface area contributed by atoms with E-state index in [1.807, 2.05) is 0 Å². The molecule has 1 aromatic rings. The van der Waals surface area contributed by atoms with Gasteiger partial charge in [-0.3, -0.25) is 0 Å². The van der Waals surface area contributed by atoms with Crippen molar-refractivity contribution >= 4 is 6.01 Å². The molecule has 0 bridgehead atoms. The first-order chi connectivity index (χ1) is 7.18. The van der Waals surface area contributed by atoms with Crippen LogP contribution in [0, 0.1) is 12.8 Å². The van der Waals surface area contributed by atoms with Gasteiger partial charge in [0.2, 0.25) is 0 Å². The van der Waals surface area contributed by atoms with Crippen molar-refractivity contribution in [2.45, 2.75) is 27.2 Å². The third-order valence-corrected chi connectivity index (χ3v) is 1.89. The monoisotopic (exact) mass is 213 g/mol. The minimum absolute atomic E-state index is 0.458. The van der Waals surface area contributed by atoms with E-state index in [4.69, 9.17) is 9.26 Å². The Morgan fingerprint density at radius 3 is 2.80 bits per heavy atom. The number of nitrogens with zero attached hydrogens (tertiary/aromatic N) is 2. The Labute approximate surface area is 90.2 Å². The number of aryl methyl sites for hydroxylation is 1. The highest BCUT2D eigenvalue weighted by Crippen LogP contribution is 2.01. The van der Waals surface area contributed by atoms with Crippen molar-refractivity contribution in [3.05, 3.63) is 5.82 Å². The summed E-state index contributed by atoms with van der Waals surface area (Å²) in [7, 11) is 0. The van der Waals surface area contributed by atoms with Gasteiger partial charge >= 0.3 is 6.01 Å². The topological polar surface area (TPSA) is 60.2 Å². The van der Waals surface area contributed by atoms with Crippen molar-refractivity contribution in [1.29, 1.82) is 0 Å². The number of hydrogen-bond acceptors (Lipinski definition) is 5. The summed E-state index contributed by atoms with van der Waals surface area (Å²) in [6.07, 6.45) is 1.10. The van der Waals surface area contributed by atoms with Gasteiger partial charge in [-0.15, -0.1) is 0 Å². The minimum Gasteiger partial charge on any atom is -0.380 e. The highest BCUT2D eigenvalue weighted by atomic mass is 16.5. The van der Waals surface area contributed by atoms with Crippen LogP contribution >= 0.6 is 0 Å². The average Bonchev–Trinajstić information content (AvgIpc) is 2.57. The lowest BCUT2D eigenvalue weighted by Gasteiger charge is -2.05. The van der Waals surface area contributed by atoms with Gasteiger partial charge in [0.05, 0.1) is 6.61 Å². The second kappa shape index (κ2) is 6.40. The molecule has 0 spiro atoms. The summed E-state index contributed by atoms with van der Waals surface area (Å²) in [5.41, 5.74) is 0. The van der Waals surface area contributed by atoms with E-state index >= 15 is 0 Å². The summed E-state index contributed by atoms with van der Waals surface area (Å²) in [5, 5.41) is 6.65. The SMILES string of the molecule is Cc1noc(NCCOCCC(C)C)n1. The fourth-order valence-electron chi connectivity index (χ4n) is 1.02. The Morgan fingerprint density at radius 1 is 1.40 bits per heavy atom. The molecule has 0 aromatic carbocycles. The van der Waals surface area contributed by atoms with Crippen LogP contribution < -0.4 is 5.32 Å². The van der Waals surface area contributed by atoms with Crippen molar-refractivity contribution in [3.63, 3.8) is 0 Å². The van der Waals surface area contributed by atoms with Crippen molar-refractivity contribution in [2.75, 3.05) is 25.1 Å². The van der Waals surface area contributed by atoms with Crippen molar-refractivity contribution < 1.29 is 9.26 Å². The molecule has 5 heteroatoms. The maximum absolute atomic E-state index is 5.42. The van der Waals surface area contributed by atoms with Crippen molar-refractivity contribution in [1.82, 2.24) is 10.1 Å². The van der Waals surface area contributed by atoms with E-state index in [0.29, 0.717) is 30.9 Å². The minimum atomic E-state index is 0.458. The van der Waals surface area contributed by atoms with E-state index in [1.165, 1.54) is 0 Å². The molecule has 0 aliphatic carbocycles. The van der Waals surface area contributed by atoms with Gasteiger partial charge in [0.15, 0.2) is 5.82 Å². The van der Waals surface area contributed by atoms with Crippen LogP contribution in [0.3, 0.4) is 0 Å². The number of rotatable bonds is 7. The Bertz CT molecular complexity index is 273. The van der Waals surface area contributed by atoms with Gasteiger partial charge in [0, 0.05) is 13.2 Å². The van der Waals surface area contributed by atoms with Crippen LogP contribution in [0.5, 0.6) is 0 Å². The first kappa shape index (κ1) is 12.0. The molecular weight excluding hydrogens is 194 g/mol. The normalized spacial score (nSPS) is 10.9. The number of hydrogen-bond donors (Lipinski definition) is 1. The molecule has 1 rings (SSSR count). The predicted octanol–water partition coefficient (Wildman–Crippen LogP) is 1.85. The van der Waals surface area contributed by atoms with E-state index in [0.717, 1.165) is 13.0 Å². The number of ether oxygens (including phenoxy) is 1. The lowest BCUT2D eigenvalue weighted by molar-refractivity contribution is 0.132. The molecule has 0 unspecified atom stereocenters. The second-order valence-corrected chi connectivity index (χ2v) is 3.87. The summed E-state index contributed by atoms with van der Waals surface area (Å²) in [5.74, 6) is 1.33. The molecule has 86 valence electrons. The smallest absolute Gasteiger partial charge is 0.321 e. The molecule has 1 N–H and O–H groups in total. The van der Waals surface area contributed by atoms with E-state index in [9.17, 15) is 0 Å². The standard InChI is InChI=1S/C10H19N3O2/c1-8(2)4-6-14-7-5-11-10-12-9(3)13-15-10/h8H,4-7H2,1-3H3,(H,11,12,13). The van der Waals surface area contributed by atoms with Gasteiger partial charge < -0.3 is 14.6 Å². The fraction of sp³-hybridized carbons (Fsp3) is 0.800. The molecule has 0 fully saturated rings. The van der Waals surface area contributed by atoms with Crippen LogP contribution in [0.25, 0.3) is 0 Å². The Hall–Kier alpha value is -1.10. The van der Waals surface area contributed by atoms with E-state index in [1.54, 1.807) is 6.92 Å². The zero-order valence-electron chi connectivity index (χ0n) is 9.62. The maximum Gasteiger partial charge on any atom is 0.321 e. The largest absolute Gasteiger partial charge is 0.380 e. The third-order valence-electron chi connectivity index (χ3n) is 1.89. The molecule has 0 radical (unpaired) electrons. The van der Waals surface area contributed by atoms with Gasteiger partial charge in [-0.25, -0.2) is 0 Å². The molecular formula is C10H19N3O2. The first-order valence-electron chi connectivity index (χ1n) is 5.30. The molecule has 0 saturated heterocycles. The molecule has 5 nitrogen and oxygen atoms in total. The zero-order chi connectivity index (χ0) is 11.1. The van der Waals surface area contributed by atoms with E-state index < -0.39 is 0 Å². The lowest BCUT2D eigenvalue weighted by Crippen LogP contribution is -2.11. The summed E-state index contributed by atoms with van der Waals surface area (Å²) in [4.78, 5) is 4.01. The maximum atomic E-state index is 5.42. The molecule has 15 heavy (non-hydrogen) atoms. The lowest BCUT2D eigenvalue weighted by atomic mass is 10.1. The van der Waals surface area contributed by atoms with Crippen LogP contribution in [0.2, 0.25) is 0 Å². The van der Waals surface area contributed by atoms with Gasteiger partial charge in [-0.1, -0.05) is 19.0 Å². The molecule has 1 heterocycles. The van der Waals surface area contributed by atoms with Crippen LogP contribution in [0.4, 0.5) is 6.01 Å². The van der Waals surface area contributed by atoms with Crippen molar-refractivity contribution in [3.8, 4) is 0 Å². The molecule has 0 amide bonds. The fourth-order valence-corrected chi connectivity index (χ4v) is 1.02.